The zero-order chi connectivity index (χ0) is 22.3. The Morgan fingerprint density at radius 1 is 1.00 bits per heavy atom. The van der Waals surface area contributed by atoms with Gasteiger partial charge in [0.15, 0.2) is 0 Å². The van der Waals surface area contributed by atoms with E-state index in [0.717, 1.165) is 59.0 Å². The molecule has 2 aliphatic rings. The van der Waals surface area contributed by atoms with Gasteiger partial charge in [0.25, 0.3) is 0 Å². The largest absolute Gasteiger partial charge is 1.00 e. The molecule has 168 valence electrons. The molecule has 0 aromatic heterocycles. The van der Waals surface area contributed by atoms with Gasteiger partial charge in [0.1, 0.15) is 11.6 Å². The van der Waals surface area contributed by atoms with E-state index in [9.17, 15) is 9.18 Å². The maximum absolute atomic E-state index is 14.7. The van der Waals surface area contributed by atoms with Crippen molar-refractivity contribution in [2.24, 2.45) is 0 Å². The van der Waals surface area contributed by atoms with E-state index < -0.39 is 0 Å². The van der Waals surface area contributed by atoms with Gasteiger partial charge in [-0.3, -0.25) is 0 Å². The van der Waals surface area contributed by atoms with Crippen molar-refractivity contribution in [2.75, 3.05) is 44.3 Å². The quantitative estimate of drug-likeness (QED) is 0.485. The van der Waals surface area contributed by atoms with Gasteiger partial charge in [0.2, 0.25) is 0 Å². The summed E-state index contributed by atoms with van der Waals surface area (Å²) in [6.07, 6.45) is 1.60. The van der Waals surface area contributed by atoms with Crippen LogP contribution in [0.1, 0.15) is 33.6 Å². The molecule has 0 N–H and O–H groups in total. The number of rotatable bonds is 5. The zero-order valence-electron chi connectivity index (χ0n) is 19.8. The number of ketones is 1. The van der Waals surface area contributed by atoms with Crippen LogP contribution in [0.3, 0.4) is 0 Å². The molecule has 2 heterocycles. The van der Waals surface area contributed by atoms with Gasteiger partial charge in [-0.2, -0.15) is 0 Å². The summed E-state index contributed by atoms with van der Waals surface area (Å²) < 4.78 is 22.6. The van der Waals surface area contributed by atoms with Gasteiger partial charge in [-0.25, -0.2) is 4.39 Å². The average Bonchev–Trinajstić information content (AvgIpc) is 2.82. The molecule has 0 amide bonds. The zero-order valence-corrected chi connectivity index (χ0v) is 23.8. The molecular formula is C25H33FKN2O2P. The number of hydrogen-bond donors (Lipinski definition) is 0. The Labute approximate surface area is 236 Å². The van der Waals surface area contributed by atoms with Gasteiger partial charge in [-0.1, -0.05) is 49.3 Å². The van der Waals surface area contributed by atoms with Gasteiger partial charge >= 0.3 is 51.4 Å². The first kappa shape index (κ1) is 28.1. The predicted molar refractivity (Wildman–Crippen MR) is 127 cm³/mol. The van der Waals surface area contributed by atoms with Gasteiger partial charge in [0.05, 0.1) is 0 Å². The summed E-state index contributed by atoms with van der Waals surface area (Å²) in [4.78, 5) is 14.6. The normalized spacial score (nSPS) is 18.6. The van der Waals surface area contributed by atoms with Crippen molar-refractivity contribution in [3.05, 3.63) is 54.3 Å². The van der Waals surface area contributed by atoms with Gasteiger partial charge in [-0.05, 0) is 56.6 Å². The van der Waals surface area contributed by atoms with Crippen LogP contribution in [0, 0.1) is 5.82 Å². The molecule has 2 saturated heterocycles. The minimum atomic E-state index is -0.288. The minimum absolute atomic E-state index is 0. The summed E-state index contributed by atoms with van der Waals surface area (Å²) in [5.74, 6) is 0.0791. The number of hydrogen-bond acceptors (Lipinski definition) is 4. The third-order valence-corrected chi connectivity index (χ3v) is 7.79. The second-order valence-electron chi connectivity index (χ2n) is 7.77. The number of piperazine rings is 1. The van der Waals surface area contributed by atoms with E-state index in [1.54, 1.807) is 13.0 Å². The molecule has 32 heavy (non-hydrogen) atoms. The number of nitrogens with zero attached hydrogens (tertiary/aromatic N) is 2. The van der Waals surface area contributed by atoms with E-state index >= 15 is 0 Å². The van der Waals surface area contributed by atoms with Crippen molar-refractivity contribution in [3.8, 4) is 11.1 Å². The summed E-state index contributed by atoms with van der Waals surface area (Å²) in [5.41, 5.74) is 2.45. The average molecular weight is 483 g/mol. The standard InChI is InChI=1S/C23H27FN2O2P.C2H6.K/c1-18(27)23(9-15-28-16-10-23)29-26-13-11-25(12-14-26)20-7-8-21(22(24)17-20)19-5-3-2-4-6-19;1-2;/h2-8,17H,9-16H2,1H3;1-2H3;/q-1;;+1. The molecule has 0 aliphatic carbocycles. The maximum Gasteiger partial charge on any atom is 1.00 e. The van der Waals surface area contributed by atoms with Crippen molar-refractivity contribution >= 4 is 20.2 Å². The summed E-state index contributed by atoms with van der Waals surface area (Å²) in [7, 11) is 1.10. The fraction of sp³-hybridized carbons (Fsp3) is 0.480. The molecule has 2 aromatic rings. The van der Waals surface area contributed by atoms with E-state index in [2.05, 4.69) is 9.57 Å². The molecule has 4 rings (SSSR count). The predicted octanol–water partition coefficient (Wildman–Crippen LogP) is 2.64. The van der Waals surface area contributed by atoms with Crippen molar-refractivity contribution in [1.29, 1.82) is 0 Å². The Kier molecular flexibility index (Phi) is 12.0. The number of Topliss-reactive ketones (excluding diaryl/α,β-unsaturated/α-hetero) is 1. The van der Waals surface area contributed by atoms with Crippen LogP contribution < -0.4 is 56.3 Å². The molecule has 0 saturated carbocycles. The summed E-state index contributed by atoms with van der Waals surface area (Å²) >= 11 is 0. The van der Waals surface area contributed by atoms with Crippen LogP contribution in [0.4, 0.5) is 10.1 Å². The Balaban J connectivity index is 0.00000118. The first-order chi connectivity index (χ1) is 15.1. The Morgan fingerprint density at radius 3 is 2.19 bits per heavy atom. The SMILES string of the molecule is CC.CC(=O)C1([P-]N2CCN(c3ccc(-c4ccccc4)c(F)c3)CC2)CCOCC1.[K+]. The topological polar surface area (TPSA) is 32.8 Å². The van der Waals surface area contributed by atoms with Crippen molar-refractivity contribution in [2.45, 2.75) is 38.8 Å². The molecule has 0 radical (unpaired) electrons. The maximum atomic E-state index is 14.7. The molecule has 7 heteroatoms. The molecular weight excluding hydrogens is 449 g/mol. The Bertz CT molecular complexity index is 854. The number of benzene rings is 2. The molecule has 0 unspecified atom stereocenters. The first-order valence-corrected chi connectivity index (χ1v) is 12.1. The third-order valence-electron chi connectivity index (χ3n) is 5.97. The van der Waals surface area contributed by atoms with Crippen LogP contribution in [0.25, 0.3) is 11.1 Å². The Hall–Kier alpha value is -0.174. The third kappa shape index (κ3) is 6.92. The van der Waals surface area contributed by atoms with E-state index in [0.29, 0.717) is 18.8 Å². The fourth-order valence-corrected chi connectivity index (χ4v) is 5.55. The second kappa shape index (κ2) is 13.6. The molecule has 2 aliphatic heterocycles. The summed E-state index contributed by atoms with van der Waals surface area (Å²) in [6, 6.07) is 15.2. The van der Waals surface area contributed by atoms with Crippen LogP contribution in [0.5, 0.6) is 0 Å². The summed E-state index contributed by atoms with van der Waals surface area (Å²) in [5, 5.41) is -0.288. The molecule has 2 aromatic carbocycles. The van der Waals surface area contributed by atoms with Crippen LogP contribution in [-0.4, -0.2) is 55.0 Å². The Morgan fingerprint density at radius 2 is 1.62 bits per heavy atom. The van der Waals surface area contributed by atoms with Crippen molar-refractivity contribution in [1.82, 2.24) is 4.67 Å². The van der Waals surface area contributed by atoms with E-state index in [-0.39, 0.29) is 68.1 Å². The second-order valence-corrected chi connectivity index (χ2v) is 9.39. The van der Waals surface area contributed by atoms with Crippen LogP contribution in [0.15, 0.2) is 48.5 Å². The van der Waals surface area contributed by atoms with E-state index in [1.807, 2.05) is 56.3 Å². The molecule has 0 spiro atoms. The molecule has 4 nitrogen and oxygen atoms in total. The number of anilines is 1. The van der Waals surface area contributed by atoms with Crippen molar-refractivity contribution < 1.29 is 65.3 Å². The van der Waals surface area contributed by atoms with Crippen LogP contribution in [0.2, 0.25) is 0 Å². The minimum Gasteiger partial charge on any atom is -0.456 e. The monoisotopic (exact) mass is 482 g/mol. The number of carbonyl (C=O) groups is 1. The van der Waals surface area contributed by atoms with Gasteiger partial charge in [-0.15, -0.1) is 0 Å². The fourth-order valence-electron chi connectivity index (χ4n) is 4.11. The molecule has 2 fully saturated rings. The van der Waals surface area contributed by atoms with Crippen molar-refractivity contribution in [3.63, 3.8) is 0 Å². The van der Waals surface area contributed by atoms with Gasteiger partial charge in [0, 0.05) is 37.6 Å². The molecule has 0 atom stereocenters. The van der Waals surface area contributed by atoms with E-state index in [4.69, 9.17) is 4.74 Å². The summed E-state index contributed by atoms with van der Waals surface area (Å²) in [6.45, 7) is 10.5. The van der Waals surface area contributed by atoms with E-state index in [1.165, 1.54) is 0 Å². The smallest absolute Gasteiger partial charge is 0.456 e. The van der Waals surface area contributed by atoms with Crippen LogP contribution >= 0.6 is 8.73 Å². The number of ether oxygens (including phenoxy) is 1. The number of halogens is 1. The first-order valence-electron chi connectivity index (χ1n) is 11.2. The van der Waals surface area contributed by atoms with Gasteiger partial charge < -0.3 is 27.8 Å². The number of carbonyl (C=O) groups excluding carboxylic acids is 1. The molecule has 0 bridgehead atoms. The van der Waals surface area contributed by atoms with Crippen LogP contribution in [-0.2, 0) is 9.53 Å².